The molecule has 0 spiro atoms. The van der Waals surface area contributed by atoms with Crippen molar-refractivity contribution in [3.63, 3.8) is 0 Å². The number of ether oxygens (including phenoxy) is 1. The molecule has 0 heterocycles. The molecule has 0 atom stereocenters. The maximum absolute atomic E-state index is 8.12. The minimum atomic E-state index is -0.334. The number of hydrogen-bond donors (Lipinski definition) is 1. The Bertz CT molecular complexity index is 236. The summed E-state index contributed by atoms with van der Waals surface area (Å²) >= 11 is 0. The summed E-state index contributed by atoms with van der Waals surface area (Å²) in [7, 11) is 5.57. The quantitative estimate of drug-likeness (QED) is 0.564. The fourth-order valence-electron chi connectivity index (χ4n) is 2.28. The summed E-state index contributed by atoms with van der Waals surface area (Å²) in [6, 6.07) is 0. The second-order valence-electron chi connectivity index (χ2n) is 5.61. The van der Waals surface area contributed by atoms with Crippen LogP contribution in [-0.4, -0.2) is 37.5 Å². The molecule has 3 nitrogen and oxygen atoms in total. The van der Waals surface area contributed by atoms with Gasteiger partial charge in [-0.25, -0.2) is 0 Å². The van der Waals surface area contributed by atoms with E-state index < -0.39 is 0 Å². The zero-order chi connectivity index (χ0) is 11.7. The van der Waals surface area contributed by atoms with Crippen molar-refractivity contribution in [2.24, 2.45) is 5.41 Å². The topological polar surface area (TPSA) is 36.3 Å². The highest BCUT2D eigenvalue weighted by Crippen LogP contribution is 2.42. The van der Waals surface area contributed by atoms with Crippen molar-refractivity contribution in [3.05, 3.63) is 0 Å². The molecule has 0 aromatic rings. The third kappa shape index (κ3) is 2.51. The van der Waals surface area contributed by atoms with Gasteiger partial charge in [-0.1, -0.05) is 13.8 Å². The maximum atomic E-state index is 8.12. The van der Waals surface area contributed by atoms with Gasteiger partial charge in [-0.3, -0.25) is 5.41 Å². The molecule has 0 saturated heterocycles. The number of rotatable bonds is 2. The first-order valence-corrected chi connectivity index (χ1v) is 5.64. The van der Waals surface area contributed by atoms with Gasteiger partial charge in [-0.05, 0) is 31.1 Å². The van der Waals surface area contributed by atoms with Gasteiger partial charge in [-0.2, -0.15) is 0 Å². The van der Waals surface area contributed by atoms with Crippen molar-refractivity contribution in [1.82, 2.24) is 4.90 Å². The molecule has 0 aromatic heterocycles. The molecule has 1 N–H and O–H groups in total. The molecule has 88 valence electrons. The normalized spacial score (nSPS) is 23.5. The van der Waals surface area contributed by atoms with Crippen LogP contribution in [0.2, 0.25) is 0 Å². The maximum Gasteiger partial charge on any atom is 0.128 e. The Balaban J connectivity index is 2.77. The molecule has 0 radical (unpaired) electrons. The monoisotopic (exact) mass is 212 g/mol. The number of nitrogens with one attached hydrogen (secondary N) is 1. The van der Waals surface area contributed by atoms with Crippen molar-refractivity contribution in [2.75, 3.05) is 21.2 Å². The summed E-state index contributed by atoms with van der Waals surface area (Å²) in [5, 5.41) is 8.12. The Morgan fingerprint density at radius 2 is 1.60 bits per heavy atom. The van der Waals surface area contributed by atoms with E-state index in [0.29, 0.717) is 11.3 Å². The van der Waals surface area contributed by atoms with Gasteiger partial charge in [0.1, 0.15) is 11.4 Å². The van der Waals surface area contributed by atoms with Gasteiger partial charge >= 0.3 is 0 Å². The molecule has 1 rings (SSSR count). The summed E-state index contributed by atoms with van der Waals surface area (Å²) in [4.78, 5) is 1.86. The fraction of sp³-hybridized carbons (Fsp3) is 0.917. The van der Waals surface area contributed by atoms with Crippen LogP contribution in [0.5, 0.6) is 0 Å². The SMILES string of the molecule is COC1(C(=N)N(C)C)CCC(C)(C)CC1. The first-order valence-electron chi connectivity index (χ1n) is 5.64. The molecular formula is C12H24N2O. The summed E-state index contributed by atoms with van der Waals surface area (Å²) in [6.07, 6.45) is 4.20. The van der Waals surface area contributed by atoms with Gasteiger partial charge in [0.25, 0.3) is 0 Å². The smallest absolute Gasteiger partial charge is 0.128 e. The summed E-state index contributed by atoms with van der Waals surface area (Å²) in [5.74, 6) is 0.612. The predicted octanol–water partition coefficient (Wildman–Crippen LogP) is 2.51. The fourth-order valence-corrected chi connectivity index (χ4v) is 2.28. The van der Waals surface area contributed by atoms with Crippen LogP contribution in [0.15, 0.2) is 0 Å². The van der Waals surface area contributed by atoms with Gasteiger partial charge in [0.05, 0.1) is 0 Å². The number of likely N-dealkylation sites (N-methyl/N-ethyl adjacent to an activating group) is 1. The van der Waals surface area contributed by atoms with E-state index in [0.717, 1.165) is 25.7 Å². The molecule has 1 aliphatic carbocycles. The van der Waals surface area contributed by atoms with E-state index in [1.54, 1.807) is 7.11 Å². The van der Waals surface area contributed by atoms with Crippen LogP contribution < -0.4 is 0 Å². The zero-order valence-corrected chi connectivity index (χ0v) is 10.7. The van der Waals surface area contributed by atoms with E-state index in [1.807, 2.05) is 19.0 Å². The first-order chi connectivity index (χ1) is 6.83. The molecule has 0 unspecified atom stereocenters. The standard InChI is InChI=1S/C12H24N2O/c1-11(2)6-8-12(15-5,9-7-11)10(13)14(3)4/h13H,6-9H2,1-5H3. The van der Waals surface area contributed by atoms with Gasteiger partial charge in [0.2, 0.25) is 0 Å². The number of nitrogens with zero attached hydrogens (tertiary/aromatic N) is 1. The van der Waals surface area contributed by atoms with E-state index >= 15 is 0 Å². The molecule has 15 heavy (non-hydrogen) atoms. The third-order valence-corrected chi connectivity index (χ3v) is 3.68. The Kier molecular flexibility index (Phi) is 3.44. The minimum absolute atomic E-state index is 0.334. The molecule has 0 aliphatic heterocycles. The van der Waals surface area contributed by atoms with Crippen LogP contribution in [0.1, 0.15) is 39.5 Å². The molecule has 3 heteroatoms. The van der Waals surface area contributed by atoms with Crippen LogP contribution in [0.4, 0.5) is 0 Å². The van der Waals surface area contributed by atoms with Gasteiger partial charge < -0.3 is 9.64 Å². The highest BCUT2D eigenvalue weighted by molar-refractivity contribution is 5.87. The van der Waals surface area contributed by atoms with E-state index in [-0.39, 0.29) is 5.60 Å². The highest BCUT2D eigenvalue weighted by atomic mass is 16.5. The zero-order valence-electron chi connectivity index (χ0n) is 10.7. The minimum Gasteiger partial charge on any atom is -0.370 e. The molecule has 0 bridgehead atoms. The molecule has 0 amide bonds. The third-order valence-electron chi connectivity index (χ3n) is 3.68. The molecule has 1 aliphatic rings. The van der Waals surface area contributed by atoms with Crippen molar-refractivity contribution >= 4 is 5.84 Å². The Labute approximate surface area is 93.3 Å². The molecule has 1 fully saturated rings. The van der Waals surface area contributed by atoms with Crippen LogP contribution in [0.3, 0.4) is 0 Å². The summed E-state index contributed by atoms with van der Waals surface area (Å²) in [6.45, 7) is 4.59. The van der Waals surface area contributed by atoms with Crippen molar-refractivity contribution < 1.29 is 4.74 Å². The first kappa shape index (κ1) is 12.5. The number of hydrogen-bond acceptors (Lipinski definition) is 2. The number of methoxy groups -OCH3 is 1. The van der Waals surface area contributed by atoms with Gasteiger partial charge in [0, 0.05) is 21.2 Å². The Morgan fingerprint density at radius 3 is 1.93 bits per heavy atom. The predicted molar refractivity (Wildman–Crippen MR) is 63.4 cm³/mol. The second kappa shape index (κ2) is 4.12. The average molecular weight is 212 g/mol. The Hall–Kier alpha value is -0.570. The molecular weight excluding hydrogens is 188 g/mol. The van der Waals surface area contributed by atoms with E-state index in [4.69, 9.17) is 10.1 Å². The lowest BCUT2D eigenvalue weighted by atomic mass is 9.70. The highest BCUT2D eigenvalue weighted by Gasteiger charge is 2.42. The van der Waals surface area contributed by atoms with Crippen LogP contribution >= 0.6 is 0 Å². The lowest BCUT2D eigenvalue weighted by Gasteiger charge is -2.44. The van der Waals surface area contributed by atoms with Crippen LogP contribution in [0.25, 0.3) is 0 Å². The van der Waals surface area contributed by atoms with Gasteiger partial charge in [0.15, 0.2) is 0 Å². The van der Waals surface area contributed by atoms with E-state index in [1.165, 1.54) is 0 Å². The lowest BCUT2D eigenvalue weighted by molar-refractivity contribution is -0.0155. The van der Waals surface area contributed by atoms with Gasteiger partial charge in [-0.15, -0.1) is 0 Å². The lowest BCUT2D eigenvalue weighted by Crippen LogP contribution is -2.50. The average Bonchev–Trinajstić information content (AvgIpc) is 2.18. The Morgan fingerprint density at radius 1 is 1.13 bits per heavy atom. The van der Waals surface area contributed by atoms with Crippen LogP contribution in [0, 0.1) is 10.8 Å². The molecule has 1 saturated carbocycles. The van der Waals surface area contributed by atoms with Crippen LogP contribution in [-0.2, 0) is 4.74 Å². The van der Waals surface area contributed by atoms with Crippen molar-refractivity contribution in [2.45, 2.75) is 45.1 Å². The largest absolute Gasteiger partial charge is 0.370 e. The second-order valence-corrected chi connectivity index (χ2v) is 5.61. The summed E-state index contributed by atoms with van der Waals surface area (Å²) < 4.78 is 5.63. The number of amidine groups is 1. The van der Waals surface area contributed by atoms with E-state index in [2.05, 4.69) is 13.8 Å². The van der Waals surface area contributed by atoms with Crippen molar-refractivity contribution in [3.8, 4) is 0 Å². The van der Waals surface area contributed by atoms with E-state index in [9.17, 15) is 0 Å². The molecule has 0 aromatic carbocycles. The van der Waals surface area contributed by atoms with Crippen molar-refractivity contribution in [1.29, 1.82) is 5.41 Å². The summed E-state index contributed by atoms with van der Waals surface area (Å²) in [5.41, 5.74) is 0.0770.